The van der Waals surface area contributed by atoms with E-state index in [0.29, 0.717) is 22.6 Å². The Morgan fingerprint density at radius 1 is 0.642 bits per heavy atom. The minimum atomic E-state index is -8.70. The summed E-state index contributed by atoms with van der Waals surface area (Å²) >= 11 is 0. The lowest BCUT2D eigenvalue weighted by Crippen LogP contribution is -2.74. The summed E-state index contributed by atoms with van der Waals surface area (Å²) in [4.78, 5) is 25.3. The Kier molecular flexibility index (Phi) is 18.8. The van der Waals surface area contributed by atoms with Gasteiger partial charge < -0.3 is 23.4 Å². The Balaban J connectivity index is 2.32. The maximum Gasteiger partial charge on any atom is 0.460 e. The fourth-order valence-corrected chi connectivity index (χ4v) is 11.0. The second-order valence-electron chi connectivity index (χ2n) is 15.8. The summed E-state index contributed by atoms with van der Waals surface area (Å²) in [5.41, 5.74) is -0.319. The number of ether oxygens (including phenoxy) is 4. The second-order valence-corrected chi connectivity index (χ2v) is 20.8. The topological polar surface area (TPSA) is 92.3 Å². The van der Waals surface area contributed by atoms with Crippen molar-refractivity contribution in [3.8, 4) is 11.5 Å². The van der Waals surface area contributed by atoms with Crippen LogP contribution in [0.3, 0.4) is 0 Å². The fraction of sp³-hybridized carbons (Fsp3) is 0.610. The van der Waals surface area contributed by atoms with Crippen molar-refractivity contribution in [2.24, 2.45) is 0 Å². The van der Waals surface area contributed by atoms with Gasteiger partial charge in [0.2, 0.25) is 0 Å². The monoisotopic (exact) mass is 1020 g/mol. The highest BCUT2D eigenvalue weighted by Crippen LogP contribution is 2.64. The molecule has 0 spiro atoms. The minimum Gasteiger partial charge on any atom is -0.497 e. The van der Waals surface area contributed by atoms with Crippen molar-refractivity contribution in [3.63, 3.8) is 0 Å². The summed E-state index contributed by atoms with van der Waals surface area (Å²) < 4.78 is 263. The molecule has 0 bridgehead atoms. The molecule has 1 amide bonds. The lowest BCUT2D eigenvalue weighted by atomic mass is 9.88. The molecular formula is C41H48F17NO7Si. The number of carbonyl (C=O) groups excluding carboxylic acids is 2. The SMILES string of the molecule is CCOC(=O)/C(C)=C(\C)C[C@@H](OC(=O)Nc1ccc(OC)cc1)c1ccc(OCCO[Si](CCC(F)(F)C(F)(F)C(F)(F)C(F)(F)C(F)(F)C(F)(F)C(F)(F)C(F)(F)F)(C(C)C)C(C)C)cc1. The van der Waals surface area contributed by atoms with Gasteiger partial charge in [-0.05, 0) is 79.9 Å². The average molecular weight is 1020 g/mol. The van der Waals surface area contributed by atoms with Gasteiger partial charge in [0, 0.05) is 24.1 Å². The highest BCUT2D eigenvalue weighted by Gasteiger charge is 2.95. The molecule has 26 heteroatoms. The highest BCUT2D eigenvalue weighted by atomic mass is 28.4. The van der Waals surface area contributed by atoms with E-state index in [0.717, 1.165) is 0 Å². The van der Waals surface area contributed by atoms with Crippen LogP contribution in [-0.4, -0.2) is 94.9 Å². The number of methoxy groups -OCH3 is 1. The molecular weight excluding hydrogens is 970 g/mol. The van der Waals surface area contributed by atoms with Crippen LogP contribution in [0.15, 0.2) is 59.7 Å². The smallest absolute Gasteiger partial charge is 0.460 e. The quantitative estimate of drug-likeness (QED) is 0.0368. The first-order chi connectivity index (χ1) is 30.4. The lowest BCUT2D eigenvalue weighted by molar-refractivity contribution is -0.461. The Morgan fingerprint density at radius 2 is 1.10 bits per heavy atom. The van der Waals surface area contributed by atoms with Gasteiger partial charge in [-0.15, -0.1) is 0 Å². The van der Waals surface area contributed by atoms with Gasteiger partial charge in [-0.1, -0.05) is 45.4 Å². The molecule has 0 saturated carbocycles. The molecule has 382 valence electrons. The molecule has 0 saturated heterocycles. The van der Waals surface area contributed by atoms with Crippen molar-refractivity contribution in [2.45, 2.75) is 132 Å². The predicted molar refractivity (Wildman–Crippen MR) is 209 cm³/mol. The number of anilines is 1. The van der Waals surface area contributed by atoms with Gasteiger partial charge >= 0.3 is 59.7 Å². The minimum absolute atomic E-state index is 0.000177. The van der Waals surface area contributed by atoms with Crippen molar-refractivity contribution in [3.05, 3.63) is 65.2 Å². The van der Waals surface area contributed by atoms with E-state index in [9.17, 15) is 75.4 Å². The molecule has 2 aromatic rings. The predicted octanol–water partition coefficient (Wildman–Crippen LogP) is 13.8. The zero-order valence-corrected chi connectivity index (χ0v) is 37.9. The number of nitrogens with one attached hydrogen (secondary N) is 1. The third-order valence-corrected chi connectivity index (χ3v) is 16.5. The van der Waals surface area contributed by atoms with Crippen LogP contribution in [0, 0.1) is 0 Å². The Hall–Kier alpha value is -4.49. The van der Waals surface area contributed by atoms with Crippen molar-refractivity contribution < 1.29 is 108 Å². The molecule has 2 rings (SSSR count). The van der Waals surface area contributed by atoms with E-state index in [-0.39, 0.29) is 24.4 Å². The molecule has 0 aromatic heterocycles. The Morgan fingerprint density at radius 3 is 1.55 bits per heavy atom. The van der Waals surface area contributed by atoms with Crippen LogP contribution in [0.1, 0.15) is 73.0 Å². The maximum absolute atomic E-state index is 15.0. The summed E-state index contributed by atoms with van der Waals surface area (Å²) in [6.07, 6.45) is -12.3. The van der Waals surface area contributed by atoms with Crippen LogP contribution >= 0.6 is 0 Å². The molecule has 0 unspecified atom stereocenters. The van der Waals surface area contributed by atoms with Crippen molar-refractivity contribution in [1.82, 2.24) is 0 Å². The number of hydrogen-bond acceptors (Lipinski definition) is 7. The number of amides is 1. The third-order valence-electron chi connectivity index (χ3n) is 10.8. The number of hydrogen-bond donors (Lipinski definition) is 1. The molecule has 0 aliphatic carbocycles. The Bertz CT molecular complexity index is 1990. The molecule has 0 aliphatic rings. The molecule has 0 fully saturated rings. The van der Waals surface area contributed by atoms with Gasteiger partial charge in [0.05, 0.1) is 20.3 Å². The number of carbonyl (C=O) groups is 2. The number of benzene rings is 2. The van der Waals surface area contributed by atoms with E-state index in [2.05, 4.69) is 5.32 Å². The molecule has 1 atom stereocenters. The van der Waals surface area contributed by atoms with Gasteiger partial charge in [0.25, 0.3) is 0 Å². The third kappa shape index (κ3) is 12.0. The summed E-state index contributed by atoms with van der Waals surface area (Å²) in [5, 5.41) is 2.56. The first kappa shape index (κ1) is 58.6. The summed E-state index contributed by atoms with van der Waals surface area (Å²) in [5.74, 6) is -56.9. The van der Waals surface area contributed by atoms with Crippen LogP contribution in [-0.2, 0) is 18.7 Å². The molecule has 0 heterocycles. The van der Waals surface area contributed by atoms with Crippen LogP contribution in [0.25, 0.3) is 0 Å². The highest BCUT2D eigenvalue weighted by molar-refractivity contribution is 6.76. The van der Waals surface area contributed by atoms with Gasteiger partial charge in [-0.25, -0.2) is 9.59 Å². The van der Waals surface area contributed by atoms with Crippen molar-refractivity contribution in [1.29, 1.82) is 0 Å². The van der Waals surface area contributed by atoms with Crippen molar-refractivity contribution in [2.75, 3.05) is 32.2 Å². The van der Waals surface area contributed by atoms with Gasteiger partial charge in [-0.3, -0.25) is 5.32 Å². The summed E-state index contributed by atoms with van der Waals surface area (Å²) in [6.45, 7) is 9.11. The molecule has 0 radical (unpaired) electrons. The van der Waals surface area contributed by atoms with Crippen LogP contribution in [0.2, 0.25) is 17.1 Å². The van der Waals surface area contributed by atoms with E-state index in [1.807, 2.05) is 0 Å². The summed E-state index contributed by atoms with van der Waals surface area (Å²) in [6, 6.07) is 10.6. The second kappa shape index (κ2) is 21.4. The van der Waals surface area contributed by atoms with E-state index in [4.69, 9.17) is 23.4 Å². The Labute approximate surface area is 374 Å². The zero-order chi connectivity index (χ0) is 52.0. The largest absolute Gasteiger partial charge is 0.497 e. The van der Waals surface area contributed by atoms with E-state index in [1.54, 1.807) is 38.1 Å². The van der Waals surface area contributed by atoms with Crippen LogP contribution in [0.5, 0.6) is 11.5 Å². The average Bonchev–Trinajstić information content (AvgIpc) is 3.22. The molecule has 0 aliphatic heterocycles. The molecule has 67 heavy (non-hydrogen) atoms. The number of alkyl halides is 17. The first-order valence-electron chi connectivity index (χ1n) is 19.9. The number of esters is 1. The lowest BCUT2D eigenvalue weighted by Gasteiger charge is -2.44. The van der Waals surface area contributed by atoms with E-state index < -0.39 is 111 Å². The van der Waals surface area contributed by atoms with Crippen molar-refractivity contribution >= 4 is 26.1 Å². The first-order valence-corrected chi connectivity index (χ1v) is 22.2. The summed E-state index contributed by atoms with van der Waals surface area (Å²) in [7, 11) is -2.58. The van der Waals surface area contributed by atoms with Crippen LogP contribution < -0.4 is 14.8 Å². The maximum atomic E-state index is 15.0. The number of halogens is 17. The normalized spacial score (nSPS) is 14.7. The van der Waals surface area contributed by atoms with Crippen LogP contribution in [0.4, 0.5) is 85.1 Å². The zero-order valence-electron chi connectivity index (χ0n) is 36.9. The van der Waals surface area contributed by atoms with E-state index in [1.165, 1.54) is 66.0 Å². The molecule has 8 nitrogen and oxygen atoms in total. The van der Waals surface area contributed by atoms with Gasteiger partial charge in [0.1, 0.15) is 24.2 Å². The molecule has 2 aromatic carbocycles. The fourth-order valence-electron chi connectivity index (χ4n) is 6.55. The number of rotatable bonds is 24. The van der Waals surface area contributed by atoms with Gasteiger partial charge in [0.15, 0.2) is 8.32 Å². The molecule has 1 N–H and O–H groups in total. The van der Waals surface area contributed by atoms with Gasteiger partial charge in [-0.2, -0.15) is 74.6 Å². The van der Waals surface area contributed by atoms with E-state index >= 15 is 8.78 Å². The standard InChI is InChI=1S/C41H48F17NO7Si/c1-9-63-32(60)26(7)25(6)22-31(66-33(61)59-28-12-16-29(62-8)17-13-28)27-10-14-30(15-11-27)64-19-20-65-67(23(2)3,24(4)5)21-18-34(42,43)35(44,45)36(46,47)37(48,49)38(50,51)39(52,53)40(54,55)41(56,57)58/h10-17,23-24,31H,9,18-22H2,1-8H3,(H,59,61)/b26-25+/t31-/m1/s1.